The van der Waals surface area contributed by atoms with Crippen LogP contribution < -0.4 is 16.0 Å². The van der Waals surface area contributed by atoms with Crippen molar-refractivity contribution in [2.45, 2.75) is 18.4 Å². The molecule has 0 bridgehead atoms. The van der Waals surface area contributed by atoms with Gasteiger partial charge in [0.1, 0.15) is 6.04 Å². The van der Waals surface area contributed by atoms with Gasteiger partial charge in [0.2, 0.25) is 11.8 Å². The number of alkyl halides is 4. The Balaban J connectivity index is 2.37. The minimum absolute atomic E-state index is 0.0646. The molecule has 0 spiro atoms. The Bertz CT molecular complexity index is 301. The van der Waals surface area contributed by atoms with E-state index in [4.69, 9.17) is 0 Å². The largest absolute Gasteiger partial charge is 0.353 e. The van der Waals surface area contributed by atoms with Crippen LogP contribution in [0.1, 0.15) is 0 Å². The molecule has 1 unspecified atom stereocenters. The molecular weight excluding hydrogens is 246 g/mol. The summed E-state index contributed by atoms with van der Waals surface area (Å²) in [7, 11) is 0. The van der Waals surface area contributed by atoms with Gasteiger partial charge in [0, 0.05) is 6.54 Å². The average Bonchev–Trinajstić information content (AvgIpc) is 2.27. The van der Waals surface area contributed by atoms with Gasteiger partial charge in [0.05, 0.1) is 13.1 Å². The maximum absolute atomic E-state index is 12.5. The normalized spacial score (nSPS) is 21.2. The molecule has 5 nitrogen and oxygen atoms in total. The maximum atomic E-state index is 12.5. The van der Waals surface area contributed by atoms with E-state index in [2.05, 4.69) is 10.6 Å². The molecule has 0 aliphatic carbocycles. The standard InChI is InChI=1S/C8H11F4N3O2/c9-7(10)8(11,12)3-15-6(17)4-1-14-5(16)2-13-4/h4,7,13H,1-3H2,(H,14,16)(H,15,17). The first-order valence-corrected chi connectivity index (χ1v) is 4.76. The number of rotatable bonds is 4. The highest BCUT2D eigenvalue weighted by atomic mass is 19.3. The molecule has 1 saturated heterocycles. The highest BCUT2D eigenvalue weighted by molar-refractivity contribution is 5.86. The van der Waals surface area contributed by atoms with Gasteiger partial charge in [-0.05, 0) is 0 Å². The van der Waals surface area contributed by atoms with E-state index < -0.39 is 30.8 Å². The highest BCUT2D eigenvalue weighted by Crippen LogP contribution is 2.21. The quantitative estimate of drug-likeness (QED) is 0.571. The molecule has 1 aliphatic rings. The summed E-state index contributed by atoms with van der Waals surface area (Å²) in [6.45, 7) is -1.62. The molecule has 1 rings (SSSR count). The lowest BCUT2D eigenvalue weighted by molar-refractivity contribution is -0.138. The predicted molar refractivity (Wildman–Crippen MR) is 48.8 cm³/mol. The number of piperazine rings is 1. The van der Waals surface area contributed by atoms with E-state index in [0.717, 1.165) is 0 Å². The summed E-state index contributed by atoms with van der Waals surface area (Å²) in [4.78, 5) is 22.0. The van der Waals surface area contributed by atoms with E-state index in [-0.39, 0.29) is 19.0 Å². The van der Waals surface area contributed by atoms with E-state index in [1.807, 2.05) is 0 Å². The summed E-state index contributed by atoms with van der Waals surface area (Å²) in [5.74, 6) is -5.44. The van der Waals surface area contributed by atoms with Crippen molar-refractivity contribution < 1.29 is 27.2 Å². The molecule has 0 aromatic rings. The molecule has 1 heterocycles. The van der Waals surface area contributed by atoms with Crippen LogP contribution in [0.4, 0.5) is 17.6 Å². The number of nitrogens with one attached hydrogen (secondary N) is 3. The van der Waals surface area contributed by atoms with Gasteiger partial charge >= 0.3 is 12.3 Å². The van der Waals surface area contributed by atoms with Crippen LogP contribution in [0.2, 0.25) is 0 Å². The van der Waals surface area contributed by atoms with Gasteiger partial charge in [-0.1, -0.05) is 0 Å². The zero-order chi connectivity index (χ0) is 13.1. The third-order valence-corrected chi connectivity index (χ3v) is 2.15. The monoisotopic (exact) mass is 257 g/mol. The third kappa shape index (κ3) is 3.84. The van der Waals surface area contributed by atoms with Crippen molar-refractivity contribution in [3.63, 3.8) is 0 Å². The first-order chi connectivity index (χ1) is 7.83. The predicted octanol–water partition coefficient (Wildman–Crippen LogP) is -0.909. The summed E-state index contributed by atoms with van der Waals surface area (Å²) >= 11 is 0. The Morgan fingerprint density at radius 2 is 2.18 bits per heavy atom. The van der Waals surface area contributed by atoms with E-state index in [1.165, 1.54) is 0 Å². The number of hydrogen-bond donors (Lipinski definition) is 3. The van der Waals surface area contributed by atoms with E-state index >= 15 is 0 Å². The Labute approximate surface area is 93.9 Å². The second-order valence-corrected chi connectivity index (χ2v) is 3.52. The average molecular weight is 257 g/mol. The number of carbonyl (C=O) groups excluding carboxylic acids is 2. The second kappa shape index (κ2) is 5.30. The van der Waals surface area contributed by atoms with Crippen LogP contribution in [0.3, 0.4) is 0 Å². The fraction of sp³-hybridized carbons (Fsp3) is 0.750. The molecule has 1 fully saturated rings. The molecule has 1 atom stereocenters. The number of hydrogen-bond acceptors (Lipinski definition) is 3. The Hall–Kier alpha value is -1.38. The fourth-order valence-corrected chi connectivity index (χ4v) is 1.16. The van der Waals surface area contributed by atoms with Crippen molar-refractivity contribution in [1.82, 2.24) is 16.0 Å². The SMILES string of the molecule is O=C1CNC(C(=O)NCC(F)(F)C(F)F)CN1. The van der Waals surface area contributed by atoms with Gasteiger partial charge in [-0.3, -0.25) is 14.9 Å². The van der Waals surface area contributed by atoms with E-state index in [9.17, 15) is 27.2 Å². The molecule has 9 heteroatoms. The Morgan fingerprint density at radius 3 is 2.65 bits per heavy atom. The molecule has 17 heavy (non-hydrogen) atoms. The minimum atomic E-state index is -4.26. The Morgan fingerprint density at radius 1 is 1.53 bits per heavy atom. The van der Waals surface area contributed by atoms with Crippen molar-refractivity contribution in [2.75, 3.05) is 19.6 Å². The summed E-state index contributed by atoms with van der Waals surface area (Å²) in [6.07, 6.45) is -3.83. The molecule has 0 radical (unpaired) electrons. The zero-order valence-electron chi connectivity index (χ0n) is 8.60. The molecule has 0 saturated carbocycles. The summed E-state index contributed by atoms with van der Waals surface area (Å²) in [5, 5.41) is 6.52. The second-order valence-electron chi connectivity index (χ2n) is 3.52. The molecule has 98 valence electrons. The van der Waals surface area contributed by atoms with Crippen molar-refractivity contribution in [3.05, 3.63) is 0 Å². The first kappa shape index (κ1) is 13.7. The van der Waals surface area contributed by atoms with Gasteiger partial charge in [-0.2, -0.15) is 8.78 Å². The molecule has 1 aliphatic heterocycles. The summed E-state index contributed by atoms with van der Waals surface area (Å²) in [6, 6.07) is -0.888. The zero-order valence-corrected chi connectivity index (χ0v) is 8.60. The number of halogens is 4. The lowest BCUT2D eigenvalue weighted by Gasteiger charge is -2.24. The van der Waals surface area contributed by atoms with Crippen molar-refractivity contribution in [1.29, 1.82) is 0 Å². The van der Waals surface area contributed by atoms with Crippen LogP contribution >= 0.6 is 0 Å². The fourth-order valence-electron chi connectivity index (χ4n) is 1.16. The van der Waals surface area contributed by atoms with Crippen LogP contribution in [0.15, 0.2) is 0 Å². The lowest BCUT2D eigenvalue weighted by atomic mass is 10.2. The molecule has 0 aromatic carbocycles. The maximum Gasteiger partial charge on any atom is 0.324 e. The van der Waals surface area contributed by atoms with Gasteiger partial charge in [0.15, 0.2) is 0 Å². The van der Waals surface area contributed by atoms with Crippen molar-refractivity contribution in [2.24, 2.45) is 0 Å². The lowest BCUT2D eigenvalue weighted by Crippen LogP contribution is -2.59. The van der Waals surface area contributed by atoms with Gasteiger partial charge < -0.3 is 10.6 Å². The summed E-state index contributed by atoms with van der Waals surface area (Å²) in [5.41, 5.74) is 0. The van der Waals surface area contributed by atoms with Crippen LogP contribution in [0, 0.1) is 0 Å². The number of carbonyl (C=O) groups is 2. The molecular formula is C8H11F4N3O2. The van der Waals surface area contributed by atoms with E-state index in [1.54, 1.807) is 5.32 Å². The van der Waals surface area contributed by atoms with Gasteiger partial charge in [0.25, 0.3) is 0 Å². The van der Waals surface area contributed by atoms with E-state index in [0.29, 0.717) is 0 Å². The smallest absolute Gasteiger partial charge is 0.324 e. The first-order valence-electron chi connectivity index (χ1n) is 4.76. The third-order valence-electron chi connectivity index (χ3n) is 2.15. The summed E-state index contributed by atoms with van der Waals surface area (Å²) < 4.78 is 48.5. The highest BCUT2D eigenvalue weighted by Gasteiger charge is 2.41. The number of amides is 2. The topological polar surface area (TPSA) is 70.2 Å². The van der Waals surface area contributed by atoms with Gasteiger partial charge in [-0.15, -0.1) is 0 Å². The molecule has 2 amide bonds. The van der Waals surface area contributed by atoms with Crippen molar-refractivity contribution in [3.8, 4) is 0 Å². The van der Waals surface area contributed by atoms with Crippen LogP contribution in [0.5, 0.6) is 0 Å². The van der Waals surface area contributed by atoms with Crippen molar-refractivity contribution >= 4 is 11.8 Å². The molecule has 0 aromatic heterocycles. The Kier molecular flexibility index (Phi) is 4.27. The van der Waals surface area contributed by atoms with Crippen LogP contribution in [0.25, 0.3) is 0 Å². The van der Waals surface area contributed by atoms with Crippen LogP contribution in [-0.4, -0.2) is 49.8 Å². The van der Waals surface area contributed by atoms with Crippen LogP contribution in [-0.2, 0) is 9.59 Å². The molecule has 3 N–H and O–H groups in total. The van der Waals surface area contributed by atoms with Gasteiger partial charge in [-0.25, -0.2) is 8.78 Å². The minimum Gasteiger partial charge on any atom is -0.353 e.